The van der Waals surface area contributed by atoms with Gasteiger partial charge in [-0.1, -0.05) is 15.9 Å². The second kappa shape index (κ2) is 6.07. The predicted molar refractivity (Wildman–Crippen MR) is 86.1 cm³/mol. The van der Waals surface area contributed by atoms with E-state index in [2.05, 4.69) is 15.9 Å². The fourth-order valence-electron chi connectivity index (χ4n) is 2.16. The molecule has 0 spiro atoms. The van der Waals surface area contributed by atoms with Crippen molar-refractivity contribution in [2.24, 2.45) is 0 Å². The first-order valence-electron chi connectivity index (χ1n) is 6.45. The first-order valence-corrected chi connectivity index (χ1v) is 8.56. The summed E-state index contributed by atoms with van der Waals surface area (Å²) in [6, 6.07) is 11.0. The number of anilines is 1. The molecule has 2 aromatic carbocycles. The van der Waals surface area contributed by atoms with Gasteiger partial charge in [-0.05, 0) is 35.9 Å². The molecule has 3 rings (SSSR count). The average molecular weight is 368 g/mol. The standard InChI is InChI=1S/C15H14BrNO3S/c16-11-5-10(6-12(17)7-11)9-21(18)13-1-2-14-15(8-13)20-4-3-19-14/h1-2,5-8H,3-4,9,17H2. The molecule has 0 amide bonds. The van der Waals surface area contributed by atoms with Gasteiger partial charge in [0.1, 0.15) is 13.2 Å². The van der Waals surface area contributed by atoms with E-state index in [1.54, 1.807) is 12.1 Å². The molecule has 1 aliphatic rings. The Labute approximate surface area is 133 Å². The minimum atomic E-state index is -1.16. The summed E-state index contributed by atoms with van der Waals surface area (Å²) in [4.78, 5) is 0.720. The SMILES string of the molecule is Nc1cc(Br)cc(CS(=O)c2ccc3c(c2)OCCO3)c1. The molecular weight excluding hydrogens is 354 g/mol. The van der Waals surface area contributed by atoms with Crippen LogP contribution in [0.4, 0.5) is 5.69 Å². The zero-order valence-electron chi connectivity index (χ0n) is 11.2. The number of benzene rings is 2. The zero-order chi connectivity index (χ0) is 14.8. The Bertz CT molecular complexity index is 685. The lowest BCUT2D eigenvalue weighted by molar-refractivity contribution is 0.171. The maximum atomic E-state index is 12.5. The number of hydrogen-bond acceptors (Lipinski definition) is 4. The zero-order valence-corrected chi connectivity index (χ0v) is 13.6. The van der Waals surface area contributed by atoms with Crippen LogP contribution in [0, 0.1) is 0 Å². The van der Waals surface area contributed by atoms with E-state index in [-0.39, 0.29) is 0 Å². The van der Waals surface area contributed by atoms with Crippen molar-refractivity contribution in [2.75, 3.05) is 18.9 Å². The third kappa shape index (κ3) is 3.39. The first-order chi connectivity index (χ1) is 10.1. The number of halogens is 1. The predicted octanol–water partition coefficient (Wildman–Crippen LogP) is 3.11. The molecule has 4 nitrogen and oxygen atoms in total. The molecule has 0 radical (unpaired) electrons. The molecule has 1 aliphatic heterocycles. The van der Waals surface area contributed by atoms with Crippen LogP contribution in [0.15, 0.2) is 45.8 Å². The summed E-state index contributed by atoms with van der Waals surface area (Å²) in [6.45, 7) is 1.07. The second-order valence-electron chi connectivity index (χ2n) is 4.69. The summed E-state index contributed by atoms with van der Waals surface area (Å²) in [7, 11) is -1.16. The summed E-state index contributed by atoms with van der Waals surface area (Å²) >= 11 is 3.39. The number of fused-ring (bicyclic) bond motifs is 1. The topological polar surface area (TPSA) is 61.6 Å². The summed E-state index contributed by atoms with van der Waals surface area (Å²) in [5.41, 5.74) is 7.38. The molecule has 2 N–H and O–H groups in total. The van der Waals surface area contributed by atoms with Gasteiger partial charge >= 0.3 is 0 Å². The van der Waals surface area contributed by atoms with E-state index < -0.39 is 10.8 Å². The van der Waals surface area contributed by atoms with Crippen LogP contribution in [-0.2, 0) is 16.6 Å². The Hall–Kier alpha value is -1.53. The Kier molecular flexibility index (Phi) is 4.17. The van der Waals surface area contributed by atoms with E-state index in [1.807, 2.05) is 24.3 Å². The molecule has 2 aromatic rings. The van der Waals surface area contributed by atoms with Gasteiger partial charge in [-0.15, -0.1) is 0 Å². The maximum absolute atomic E-state index is 12.5. The van der Waals surface area contributed by atoms with Gasteiger partial charge in [0.2, 0.25) is 0 Å². The number of ether oxygens (including phenoxy) is 2. The van der Waals surface area contributed by atoms with Crippen LogP contribution in [0.3, 0.4) is 0 Å². The highest BCUT2D eigenvalue weighted by Crippen LogP contribution is 2.32. The minimum absolute atomic E-state index is 0.406. The van der Waals surface area contributed by atoms with Crippen LogP contribution in [0.25, 0.3) is 0 Å². The van der Waals surface area contributed by atoms with E-state index in [0.29, 0.717) is 36.2 Å². The molecule has 0 bridgehead atoms. The monoisotopic (exact) mass is 367 g/mol. The van der Waals surface area contributed by atoms with Crippen molar-refractivity contribution in [1.29, 1.82) is 0 Å². The Balaban J connectivity index is 1.82. The number of rotatable bonds is 3. The Morgan fingerprint density at radius 1 is 1.10 bits per heavy atom. The van der Waals surface area contributed by atoms with E-state index in [9.17, 15) is 4.21 Å². The molecule has 0 aliphatic carbocycles. The Morgan fingerprint density at radius 2 is 1.86 bits per heavy atom. The minimum Gasteiger partial charge on any atom is -0.486 e. The number of nitrogens with two attached hydrogens (primary N) is 1. The largest absolute Gasteiger partial charge is 0.486 e. The fourth-order valence-corrected chi connectivity index (χ4v) is 3.81. The summed E-state index contributed by atoms with van der Waals surface area (Å²) in [5, 5.41) is 0. The van der Waals surface area contributed by atoms with Gasteiger partial charge in [0.05, 0.1) is 16.6 Å². The van der Waals surface area contributed by atoms with Crippen molar-refractivity contribution < 1.29 is 13.7 Å². The Morgan fingerprint density at radius 3 is 2.62 bits per heavy atom. The molecule has 110 valence electrons. The first kappa shape index (κ1) is 14.4. The molecular formula is C15H14BrNO3S. The molecule has 0 fully saturated rings. The van der Waals surface area contributed by atoms with Gasteiger partial charge < -0.3 is 15.2 Å². The van der Waals surface area contributed by atoms with Crippen LogP contribution in [0.1, 0.15) is 5.56 Å². The van der Waals surface area contributed by atoms with Crippen LogP contribution >= 0.6 is 15.9 Å². The second-order valence-corrected chi connectivity index (χ2v) is 7.05. The van der Waals surface area contributed by atoms with Crippen molar-refractivity contribution in [3.05, 3.63) is 46.4 Å². The lowest BCUT2D eigenvalue weighted by Crippen LogP contribution is -2.15. The highest BCUT2D eigenvalue weighted by Gasteiger charge is 2.14. The molecule has 6 heteroatoms. The van der Waals surface area contributed by atoms with Crippen LogP contribution < -0.4 is 15.2 Å². The van der Waals surface area contributed by atoms with Gasteiger partial charge in [0.15, 0.2) is 11.5 Å². The van der Waals surface area contributed by atoms with E-state index >= 15 is 0 Å². The summed E-state index contributed by atoms with van der Waals surface area (Å²) < 4.78 is 24.3. The maximum Gasteiger partial charge on any atom is 0.162 e. The van der Waals surface area contributed by atoms with Crippen molar-refractivity contribution >= 4 is 32.4 Å². The van der Waals surface area contributed by atoms with E-state index in [1.165, 1.54) is 0 Å². The quantitative estimate of drug-likeness (QED) is 0.846. The van der Waals surface area contributed by atoms with Crippen molar-refractivity contribution in [1.82, 2.24) is 0 Å². The highest BCUT2D eigenvalue weighted by atomic mass is 79.9. The van der Waals surface area contributed by atoms with Crippen molar-refractivity contribution in [2.45, 2.75) is 10.6 Å². The average Bonchev–Trinajstić information content (AvgIpc) is 2.45. The van der Waals surface area contributed by atoms with Crippen LogP contribution in [0.2, 0.25) is 0 Å². The van der Waals surface area contributed by atoms with Gasteiger partial charge in [-0.25, -0.2) is 0 Å². The number of nitrogen functional groups attached to an aromatic ring is 1. The van der Waals surface area contributed by atoms with Crippen LogP contribution in [0.5, 0.6) is 11.5 Å². The lowest BCUT2D eigenvalue weighted by atomic mass is 10.2. The smallest absolute Gasteiger partial charge is 0.162 e. The van der Waals surface area contributed by atoms with Gasteiger partial charge in [0.25, 0.3) is 0 Å². The third-order valence-electron chi connectivity index (χ3n) is 3.05. The molecule has 1 atom stereocenters. The number of hydrogen-bond donors (Lipinski definition) is 1. The molecule has 21 heavy (non-hydrogen) atoms. The van der Waals surface area contributed by atoms with Crippen molar-refractivity contribution in [3.8, 4) is 11.5 Å². The summed E-state index contributed by atoms with van der Waals surface area (Å²) in [5.74, 6) is 1.76. The van der Waals surface area contributed by atoms with Gasteiger partial charge in [-0.3, -0.25) is 4.21 Å². The normalized spacial score (nSPS) is 14.7. The van der Waals surface area contributed by atoms with Crippen molar-refractivity contribution in [3.63, 3.8) is 0 Å². The summed E-state index contributed by atoms with van der Waals surface area (Å²) in [6.07, 6.45) is 0. The fraction of sp³-hybridized carbons (Fsp3) is 0.200. The lowest BCUT2D eigenvalue weighted by Gasteiger charge is -2.18. The van der Waals surface area contributed by atoms with E-state index in [4.69, 9.17) is 15.2 Å². The highest BCUT2D eigenvalue weighted by molar-refractivity contribution is 9.10. The van der Waals surface area contributed by atoms with Gasteiger partial charge in [-0.2, -0.15) is 0 Å². The molecule has 0 aromatic heterocycles. The molecule has 1 unspecified atom stereocenters. The van der Waals surface area contributed by atoms with E-state index in [0.717, 1.165) is 14.9 Å². The third-order valence-corrected chi connectivity index (χ3v) is 4.89. The molecule has 1 heterocycles. The van der Waals surface area contributed by atoms with Gasteiger partial charge in [0, 0.05) is 21.1 Å². The molecule has 0 saturated carbocycles. The molecule has 0 saturated heterocycles. The van der Waals surface area contributed by atoms with Crippen LogP contribution in [-0.4, -0.2) is 17.4 Å².